The molecule has 2 heterocycles. The molecule has 162 valence electrons. The summed E-state index contributed by atoms with van der Waals surface area (Å²) < 4.78 is 21.6. The third-order valence-electron chi connectivity index (χ3n) is 5.04. The van der Waals surface area contributed by atoms with E-state index in [0.717, 1.165) is 11.1 Å². The number of hydrogen-bond donors (Lipinski definition) is 1. The van der Waals surface area contributed by atoms with Crippen LogP contribution in [0.1, 0.15) is 16.7 Å². The molecule has 0 saturated carbocycles. The highest BCUT2D eigenvalue weighted by Crippen LogP contribution is 2.29. The molecule has 2 aromatic carbocycles. The molecular weight excluding hydrogens is 407 g/mol. The number of pyridine rings is 1. The molecule has 4 rings (SSSR count). The molecule has 4 aromatic rings. The van der Waals surface area contributed by atoms with Gasteiger partial charge in [-0.15, -0.1) is 0 Å². The highest BCUT2D eigenvalue weighted by molar-refractivity contribution is 5.63. The van der Waals surface area contributed by atoms with E-state index < -0.39 is 5.82 Å². The van der Waals surface area contributed by atoms with Gasteiger partial charge in [0.25, 0.3) is 5.56 Å². The number of nitrogens with one attached hydrogen (secondary N) is 1. The zero-order chi connectivity index (χ0) is 22.7. The predicted molar refractivity (Wildman–Crippen MR) is 122 cm³/mol. The lowest BCUT2D eigenvalue weighted by atomic mass is 10.1. The van der Waals surface area contributed by atoms with E-state index in [1.165, 1.54) is 10.6 Å². The van der Waals surface area contributed by atoms with Crippen molar-refractivity contribution < 1.29 is 9.13 Å². The van der Waals surface area contributed by atoms with Crippen LogP contribution >= 0.6 is 0 Å². The molecule has 0 fully saturated rings. The number of nitrogens with zero attached hydrogens (tertiary/aromatic N) is 3. The Hall–Kier alpha value is -4.00. The van der Waals surface area contributed by atoms with Crippen LogP contribution in [0.2, 0.25) is 0 Å². The van der Waals surface area contributed by atoms with Crippen LogP contribution in [-0.4, -0.2) is 14.5 Å². The molecule has 0 aliphatic carbocycles. The Bertz CT molecular complexity index is 1270. The summed E-state index contributed by atoms with van der Waals surface area (Å²) >= 11 is 0. The number of ether oxygens (including phenoxy) is 1. The van der Waals surface area contributed by atoms with Gasteiger partial charge in [-0.3, -0.25) is 4.79 Å². The van der Waals surface area contributed by atoms with E-state index in [4.69, 9.17) is 4.74 Å². The number of benzene rings is 2. The fourth-order valence-corrected chi connectivity index (χ4v) is 3.35. The monoisotopic (exact) mass is 430 g/mol. The molecule has 0 atom stereocenters. The molecule has 32 heavy (non-hydrogen) atoms. The number of hydrogen-bond acceptors (Lipinski definition) is 5. The molecule has 0 aliphatic heterocycles. The van der Waals surface area contributed by atoms with Gasteiger partial charge in [0.2, 0.25) is 0 Å². The molecule has 6 nitrogen and oxygen atoms in total. The van der Waals surface area contributed by atoms with Crippen molar-refractivity contribution in [1.29, 1.82) is 0 Å². The number of aromatic nitrogens is 3. The lowest BCUT2D eigenvalue weighted by Gasteiger charge is -2.13. The maximum Gasteiger partial charge on any atom is 0.324 e. The highest BCUT2D eigenvalue weighted by Gasteiger charge is 2.14. The third-order valence-corrected chi connectivity index (χ3v) is 5.04. The van der Waals surface area contributed by atoms with Crippen molar-refractivity contribution in [3.05, 3.63) is 99.7 Å². The van der Waals surface area contributed by atoms with Gasteiger partial charge in [0.05, 0.1) is 5.69 Å². The fraction of sp³-hybridized carbons (Fsp3) is 0.160. The molecule has 0 spiro atoms. The Labute approximate surface area is 185 Å². The number of halogens is 1. The number of aryl methyl sites for hydroxylation is 3. The van der Waals surface area contributed by atoms with Gasteiger partial charge in [0, 0.05) is 37.0 Å². The molecule has 0 radical (unpaired) electrons. The Balaban J connectivity index is 1.75. The Morgan fingerprint density at radius 3 is 2.50 bits per heavy atom. The van der Waals surface area contributed by atoms with Crippen LogP contribution in [0.4, 0.5) is 10.2 Å². The zero-order valence-electron chi connectivity index (χ0n) is 18.1. The Kier molecular flexibility index (Phi) is 5.98. The van der Waals surface area contributed by atoms with Crippen LogP contribution in [0.3, 0.4) is 0 Å². The van der Waals surface area contributed by atoms with Crippen molar-refractivity contribution >= 4 is 5.82 Å². The molecule has 0 bridgehead atoms. The van der Waals surface area contributed by atoms with Crippen LogP contribution < -0.4 is 15.6 Å². The smallest absolute Gasteiger partial charge is 0.324 e. The van der Waals surface area contributed by atoms with Crippen molar-refractivity contribution in [2.75, 3.05) is 5.32 Å². The van der Waals surface area contributed by atoms with E-state index >= 15 is 0 Å². The molecule has 2 aromatic heterocycles. The van der Waals surface area contributed by atoms with E-state index in [1.54, 1.807) is 51.4 Å². The second-order valence-corrected chi connectivity index (χ2v) is 7.58. The maximum absolute atomic E-state index is 14.3. The van der Waals surface area contributed by atoms with Crippen LogP contribution in [0.5, 0.6) is 11.8 Å². The summed E-state index contributed by atoms with van der Waals surface area (Å²) in [5.74, 6) is 0.111. The van der Waals surface area contributed by atoms with E-state index in [0.29, 0.717) is 29.2 Å². The second-order valence-electron chi connectivity index (χ2n) is 7.58. The molecule has 0 aliphatic rings. The van der Waals surface area contributed by atoms with Gasteiger partial charge in [-0.1, -0.05) is 42.5 Å². The largest absolute Gasteiger partial charge is 0.421 e. The van der Waals surface area contributed by atoms with E-state index in [1.807, 2.05) is 30.3 Å². The number of rotatable bonds is 6. The zero-order valence-corrected chi connectivity index (χ0v) is 18.1. The van der Waals surface area contributed by atoms with Gasteiger partial charge in [0.15, 0.2) is 11.6 Å². The van der Waals surface area contributed by atoms with E-state index in [-0.39, 0.29) is 17.3 Å². The van der Waals surface area contributed by atoms with Gasteiger partial charge >= 0.3 is 6.01 Å². The molecule has 0 amide bonds. The SMILES string of the molecule is Cc1cccc(F)c1Oc1nc(NCc2ccccc2)cc(-c2cc(C)c(=O)n(C)c2)n1. The normalized spacial score (nSPS) is 10.8. The topological polar surface area (TPSA) is 69.0 Å². The number of anilines is 1. The predicted octanol–water partition coefficient (Wildman–Crippen LogP) is 5.00. The van der Waals surface area contributed by atoms with Gasteiger partial charge in [-0.05, 0) is 37.1 Å². The second kappa shape index (κ2) is 9.01. The average Bonchev–Trinajstić information content (AvgIpc) is 2.79. The summed E-state index contributed by atoms with van der Waals surface area (Å²) in [5, 5.41) is 3.27. The minimum atomic E-state index is -0.490. The minimum Gasteiger partial charge on any atom is -0.421 e. The first-order valence-corrected chi connectivity index (χ1v) is 10.2. The molecule has 0 saturated heterocycles. The quantitative estimate of drug-likeness (QED) is 0.466. The summed E-state index contributed by atoms with van der Waals surface area (Å²) in [6, 6.07) is 18.2. The lowest BCUT2D eigenvalue weighted by molar-refractivity contribution is 0.409. The highest BCUT2D eigenvalue weighted by atomic mass is 19.1. The summed E-state index contributed by atoms with van der Waals surface area (Å²) in [4.78, 5) is 21.0. The summed E-state index contributed by atoms with van der Waals surface area (Å²) in [5.41, 5.74) is 3.51. The first-order valence-electron chi connectivity index (χ1n) is 10.2. The average molecular weight is 430 g/mol. The first-order chi connectivity index (χ1) is 15.4. The summed E-state index contributed by atoms with van der Waals surface area (Å²) in [6.07, 6.45) is 1.71. The first kappa shape index (κ1) is 21.2. The summed E-state index contributed by atoms with van der Waals surface area (Å²) in [7, 11) is 1.69. The van der Waals surface area contributed by atoms with Crippen LogP contribution in [0.15, 0.2) is 71.7 Å². The minimum absolute atomic E-state index is 0.0118. The standard InChI is InChI=1S/C25H23FN4O2/c1-16-8-7-11-20(26)23(16)32-25-28-21(19-12-17(2)24(31)30(3)15-19)13-22(29-25)27-14-18-9-5-4-6-10-18/h4-13,15H,14H2,1-3H3,(H,27,28,29). The Morgan fingerprint density at radius 2 is 1.78 bits per heavy atom. The molecular formula is C25H23FN4O2. The van der Waals surface area contributed by atoms with Crippen molar-refractivity contribution in [3.63, 3.8) is 0 Å². The third kappa shape index (κ3) is 4.67. The van der Waals surface area contributed by atoms with Gasteiger partial charge < -0.3 is 14.6 Å². The molecule has 1 N–H and O–H groups in total. The van der Waals surface area contributed by atoms with Gasteiger partial charge in [-0.2, -0.15) is 9.97 Å². The van der Waals surface area contributed by atoms with E-state index in [9.17, 15) is 9.18 Å². The summed E-state index contributed by atoms with van der Waals surface area (Å²) in [6.45, 7) is 4.05. The van der Waals surface area contributed by atoms with Crippen molar-refractivity contribution in [3.8, 4) is 23.0 Å². The maximum atomic E-state index is 14.3. The number of para-hydroxylation sites is 1. The fourth-order valence-electron chi connectivity index (χ4n) is 3.35. The van der Waals surface area contributed by atoms with Crippen molar-refractivity contribution in [2.24, 2.45) is 7.05 Å². The van der Waals surface area contributed by atoms with Crippen LogP contribution in [-0.2, 0) is 13.6 Å². The van der Waals surface area contributed by atoms with Crippen molar-refractivity contribution in [1.82, 2.24) is 14.5 Å². The Morgan fingerprint density at radius 1 is 1.00 bits per heavy atom. The van der Waals surface area contributed by atoms with Crippen LogP contribution in [0.25, 0.3) is 11.3 Å². The van der Waals surface area contributed by atoms with Gasteiger partial charge in [0.1, 0.15) is 5.82 Å². The van der Waals surface area contributed by atoms with Crippen LogP contribution in [0, 0.1) is 19.7 Å². The van der Waals surface area contributed by atoms with E-state index in [2.05, 4.69) is 15.3 Å². The molecule has 7 heteroatoms. The van der Waals surface area contributed by atoms with Gasteiger partial charge in [-0.25, -0.2) is 4.39 Å². The van der Waals surface area contributed by atoms with Crippen molar-refractivity contribution in [2.45, 2.75) is 20.4 Å². The lowest BCUT2D eigenvalue weighted by Crippen LogP contribution is -2.18. The molecule has 0 unspecified atom stereocenters.